The summed E-state index contributed by atoms with van der Waals surface area (Å²) in [6.07, 6.45) is 9.52. The average molecular weight is 218 g/mol. The predicted molar refractivity (Wildman–Crippen MR) is 72.9 cm³/mol. The van der Waals surface area contributed by atoms with E-state index in [9.17, 15) is 0 Å². The minimum Gasteiger partial charge on any atom is -0.0654 e. The molecule has 1 unspecified atom stereocenters. The van der Waals surface area contributed by atoms with Gasteiger partial charge in [-0.1, -0.05) is 76.3 Å². The van der Waals surface area contributed by atoms with Crippen molar-refractivity contribution in [3.05, 3.63) is 35.9 Å². The third-order valence-corrected chi connectivity index (χ3v) is 3.33. The maximum Gasteiger partial charge on any atom is -0.0162 e. The molecule has 1 atom stereocenters. The van der Waals surface area contributed by atoms with Crippen LogP contribution in [-0.4, -0.2) is 0 Å². The van der Waals surface area contributed by atoms with E-state index in [1.54, 1.807) is 5.56 Å². The quantitative estimate of drug-likeness (QED) is 0.502. The lowest BCUT2D eigenvalue weighted by molar-refractivity contribution is 0.515. The fourth-order valence-corrected chi connectivity index (χ4v) is 2.29. The smallest absolute Gasteiger partial charge is 0.0162 e. The molecule has 1 aromatic rings. The van der Waals surface area contributed by atoms with Crippen molar-refractivity contribution in [2.75, 3.05) is 0 Å². The zero-order chi connectivity index (χ0) is 11.6. The van der Waals surface area contributed by atoms with Crippen molar-refractivity contribution >= 4 is 0 Å². The SMILES string of the molecule is CCCCCC(CCCC)c1ccccc1. The molecule has 0 aliphatic carbocycles. The summed E-state index contributed by atoms with van der Waals surface area (Å²) in [5.41, 5.74) is 1.55. The van der Waals surface area contributed by atoms with Crippen LogP contribution in [-0.2, 0) is 0 Å². The summed E-state index contributed by atoms with van der Waals surface area (Å²) >= 11 is 0. The average Bonchev–Trinajstić information content (AvgIpc) is 2.35. The molecule has 0 radical (unpaired) electrons. The molecule has 16 heavy (non-hydrogen) atoms. The summed E-state index contributed by atoms with van der Waals surface area (Å²) in [5.74, 6) is 0.799. The molecule has 0 heterocycles. The Labute approximate surface area is 101 Å². The van der Waals surface area contributed by atoms with Gasteiger partial charge in [0.1, 0.15) is 0 Å². The van der Waals surface area contributed by atoms with Gasteiger partial charge in [-0.25, -0.2) is 0 Å². The number of unbranched alkanes of at least 4 members (excludes halogenated alkanes) is 3. The highest BCUT2D eigenvalue weighted by Crippen LogP contribution is 2.27. The van der Waals surface area contributed by atoms with Gasteiger partial charge in [0.2, 0.25) is 0 Å². The van der Waals surface area contributed by atoms with Crippen LogP contribution >= 0.6 is 0 Å². The largest absolute Gasteiger partial charge is 0.0654 e. The van der Waals surface area contributed by atoms with E-state index in [2.05, 4.69) is 44.2 Å². The zero-order valence-corrected chi connectivity index (χ0v) is 10.9. The minimum atomic E-state index is 0.799. The Morgan fingerprint density at radius 3 is 2.06 bits per heavy atom. The molecule has 0 N–H and O–H groups in total. The molecular formula is C16H26. The van der Waals surface area contributed by atoms with Gasteiger partial charge >= 0.3 is 0 Å². The first kappa shape index (κ1) is 13.3. The van der Waals surface area contributed by atoms with Gasteiger partial charge in [-0.2, -0.15) is 0 Å². The van der Waals surface area contributed by atoms with E-state index in [0.717, 1.165) is 5.92 Å². The molecule has 0 aliphatic heterocycles. The van der Waals surface area contributed by atoms with Gasteiger partial charge in [-0.3, -0.25) is 0 Å². The summed E-state index contributed by atoms with van der Waals surface area (Å²) in [6, 6.07) is 11.1. The summed E-state index contributed by atoms with van der Waals surface area (Å²) in [6.45, 7) is 4.57. The maximum atomic E-state index is 2.30. The monoisotopic (exact) mass is 218 g/mol. The van der Waals surface area contributed by atoms with Crippen molar-refractivity contribution in [1.82, 2.24) is 0 Å². The summed E-state index contributed by atoms with van der Waals surface area (Å²) in [4.78, 5) is 0. The Morgan fingerprint density at radius 2 is 1.44 bits per heavy atom. The molecule has 0 saturated carbocycles. The Balaban J connectivity index is 2.49. The number of hydrogen-bond acceptors (Lipinski definition) is 0. The van der Waals surface area contributed by atoms with Crippen LogP contribution in [0.3, 0.4) is 0 Å². The second kappa shape index (κ2) is 8.38. The van der Waals surface area contributed by atoms with Gasteiger partial charge in [0.25, 0.3) is 0 Å². The molecule has 90 valence electrons. The Hall–Kier alpha value is -0.780. The van der Waals surface area contributed by atoms with Crippen LogP contribution in [0.15, 0.2) is 30.3 Å². The van der Waals surface area contributed by atoms with Crippen molar-refractivity contribution in [3.63, 3.8) is 0 Å². The van der Waals surface area contributed by atoms with Gasteiger partial charge in [-0.15, -0.1) is 0 Å². The Bertz CT molecular complexity index is 250. The molecule has 0 amide bonds. The minimum absolute atomic E-state index is 0.799. The van der Waals surface area contributed by atoms with Crippen molar-refractivity contribution in [2.45, 2.75) is 64.7 Å². The van der Waals surface area contributed by atoms with Crippen molar-refractivity contribution in [3.8, 4) is 0 Å². The van der Waals surface area contributed by atoms with Gasteiger partial charge in [0, 0.05) is 0 Å². The fourth-order valence-electron chi connectivity index (χ4n) is 2.29. The Morgan fingerprint density at radius 1 is 0.812 bits per heavy atom. The van der Waals surface area contributed by atoms with Crippen molar-refractivity contribution < 1.29 is 0 Å². The molecule has 0 aromatic heterocycles. The van der Waals surface area contributed by atoms with Crippen LogP contribution in [0, 0.1) is 0 Å². The van der Waals surface area contributed by atoms with Crippen LogP contribution < -0.4 is 0 Å². The molecule has 0 nitrogen and oxygen atoms in total. The van der Waals surface area contributed by atoms with E-state index in [4.69, 9.17) is 0 Å². The highest BCUT2D eigenvalue weighted by atomic mass is 14.1. The van der Waals surface area contributed by atoms with Crippen LogP contribution in [0.5, 0.6) is 0 Å². The lowest BCUT2D eigenvalue weighted by Gasteiger charge is -2.16. The predicted octanol–water partition coefficient (Wildman–Crippen LogP) is 5.54. The number of rotatable bonds is 8. The van der Waals surface area contributed by atoms with Gasteiger partial charge in [0.05, 0.1) is 0 Å². The van der Waals surface area contributed by atoms with E-state index >= 15 is 0 Å². The third-order valence-electron chi connectivity index (χ3n) is 3.33. The molecule has 1 aromatic carbocycles. The first-order valence-electron chi connectivity index (χ1n) is 6.93. The van der Waals surface area contributed by atoms with E-state index in [-0.39, 0.29) is 0 Å². The second-order valence-corrected chi connectivity index (χ2v) is 4.75. The highest BCUT2D eigenvalue weighted by Gasteiger charge is 2.09. The molecular weight excluding hydrogens is 192 g/mol. The fraction of sp³-hybridized carbons (Fsp3) is 0.625. The molecule has 0 saturated heterocycles. The van der Waals surface area contributed by atoms with Crippen molar-refractivity contribution in [2.24, 2.45) is 0 Å². The zero-order valence-electron chi connectivity index (χ0n) is 10.9. The first-order valence-corrected chi connectivity index (χ1v) is 6.93. The van der Waals surface area contributed by atoms with Crippen LogP contribution in [0.1, 0.15) is 70.3 Å². The number of hydrogen-bond donors (Lipinski definition) is 0. The summed E-state index contributed by atoms with van der Waals surface area (Å²) in [7, 11) is 0. The second-order valence-electron chi connectivity index (χ2n) is 4.75. The van der Waals surface area contributed by atoms with Crippen LogP contribution in [0.25, 0.3) is 0 Å². The normalized spacial score (nSPS) is 12.6. The lowest BCUT2D eigenvalue weighted by Crippen LogP contribution is -1.99. The van der Waals surface area contributed by atoms with E-state index in [0.29, 0.717) is 0 Å². The molecule has 0 spiro atoms. The molecule has 0 heteroatoms. The maximum absolute atomic E-state index is 2.30. The van der Waals surface area contributed by atoms with Gasteiger partial charge < -0.3 is 0 Å². The molecule has 0 aliphatic rings. The van der Waals surface area contributed by atoms with Crippen LogP contribution in [0.2, 0.25) is 0 Å². The lowest BCUT2D eigenvalue weighted by atomic mass is 9.89. The van der Waals surface area contributed by atoms with Crippen LogP contribution in [0.4, 0.5) is 0 Å². The van der Waals surface area contributed by atoms with E-state index < -0.39 is 0 Å². The van der Waals surface area contributed by atoms with Gasteiger partial charge in [-0.05, 0) is 24.3 Å². The Kier molecular flexibility index (Phi) is 6.96. The van der Waals surface area contributed by atoms with E-state index in [1.807, 2.05) is 0 Å². The molecule has 1 rings (SSSR count). The summed E-state index contributed by atoms with van der Waals surface area (Å²) in [5, 5.41) is 0. The standard InChI is InChI=1S/C16H26/c1-3-5-8-12-15(11-6-4-2)16-13-9-7-10-14-16/h7,9-10,13-15H,3-6,8,11-12H2,1-2H3. The topological polar surface area (TPSA) is 0 Å². The molecule has 0 bridgehead atoms. The summed E-state index contributed by atoms with van der Waals surface area (Å²) < 4.78 is 0. The highest BCUT2D eigenvalue weighted by molar-refractivity contribution is 5.19. The molecule has 0 fully saturated rings. The van der Waals surface area contributed by atoms with Gasteiger partial charge in [0.15, 0.2) is 0 Å². The van der Waals surface area contributed by atoms with E-state index in [1.165, 1.54) is 44.9 Å². The number of benzene rings is 1. The van der Waals surface area contributed by atoms with Crippen molar-refractivity contribution in [1.29, 1.82) is 0 Å². The first-order chi connectivity index (χ1) is 7.88. The third kappa shape index (κ3) is 4.83.